The van der Waals surface area contributed by atoms with Crippen LogP contribution in [0.4, 0.5) is 0 Å². The Morgan fingerprint density at radius 2 is 0.947 bits per heavy atom. The van der Waals surface area contributed by atoms with Crippen molar-refractivity contribution in [3.05, 3.63) is 109 Å². The lowest BCUT2D eigenvalue weighted by Crippen LogP contribution is -2.40. The summed E-state index contributed by atoms with van der Waals surface area (Å²) in [6, 6.07) is 0. The van der Waals surface area contributed by atoms with Gasteiger partial charge < -0.3 is 28.5 Å². The monoisotopic (exact) mass is 795 g/mol. The van der Waals surface area contributed by atoms with Crippen LogP contribution in [-0.2, 0) is 33.3 Å². The summed E-state index contributed by atoms with van der Waals surface area (Å²) in [5, 5.41) is 9.62. The average molecular weight is 795 g/mol. The molecular formula is C48H76NO8+. The maximum absolute atomic E-state index is 12.7. The zero-order valence-electron chi connectivity index (χ0n) is 35.9. The summed E-state index contributed by atoms with van der Waals surface area (Å²) in [6.45, 7) is 4.48. The molecule has 0 aliphatic carbocycles. The highest BCUT2D eigenvalue weighted by molar-refractivity contribution is 5.71. The van der Waals surface area contributed by atoms with Crippen LogP contribution >= 0.6 is 0 Å². The van der Waals surface area contributed by atoms with Crippen LogP contribution in [0.1, 0.15) is 117 Å². The Labute approximate surface area is 345 Å². The first-order chi connectivity index (χ1) is 27.6. The van der Waals surface area contributed by atoms with Crippen molar-refractivity contribution in [2.24, 2.45) is 0 Å². The molecule has 0 bridgehead atoms. The van der Waals surface area contributed by atoms with Gasteiger partial charge in [-0.2, -0.15) is 0 Å². The molecule has 0 radical (unpaired) electrons. The Bertz CT molecular complexity index is 1300. The fraction of sp³-hybridized carbons (Fsp3) is 0.562. The minimum absolute atomic E-state index is 0.163. The number of ether oxygens (including phenoxy) is 4. The van der Waals surface area contributed by atoms with Gasteiger partial charge in [-0.25, -0.2) is 4.79 Å². The van der Waals surface area contributed by atoms with Crippen LogP contribution < -0.4 is 0 Å². The Kier molecular flexibility index (Phi) is 36.0. The topological polar surface area (TPSA) is 108 Å². The molecule has 0 aromatic heterocycles. The summed E-state index contributed by atoms with van der Waals surface area (Å²) < 4.78 is 22.6. The molecule has 0 spiro atoms. The number of hydrogen-bond donors (Lipinski definition) is 1. The van der Waals surface area contributed by atoms with Crippen molar-refractivity contribution in [2.45, 2.75) is 129 Å². The lowest BCUT2D eigenvalue weighted by Gasteiger charge is -2.25. The van der Waals surface area contributed by atoms with Crippen molar-refractivity contribution in [1.29, 1.82) is 0 Å². The molecule has 57 heavy (non-hydrogen) atoms. The van der Waals surface area contributed by atoms with E-state index in [1.807, 2.05) is 27.2 Å². The molecule has 0 aliphatic rings. The number of quaternary nitrogens is 1. The number of allylic oxidation sites excluding steroid dienone is 18. The Morgan fingerprint density at radius 1 is 0.526 bits per heavy atom. The quantitative estimate of drug-likeness (QED) is 0.0220. The van der Waals surface area contributed by atoms with Crippen LogP contribution in [0.5, 0.6) is 0 Å². The maximum atomic E-state index is 12.7. The zero-order chi connectivity index (χ0) is 42.1. The van der Waals surface area contributed by atoms with Gasteiger partial charge in [0.15, 0.2) is 6.10 Å². The Balaban J connectivity index is 4.68. The number of hydrogen-bond acceptors (Lipinski definition) is 7. The first kappa shape index (κ1) is 53.0. The highest BCUT2D eigenvalue weighted by atomic mass is 16.7. The van der Waals surface area contributed by atoms with Crippen molar-refractivity contribution in [2.75, 3.05) is 47.5 Å². The average Bonchev–Trinajstić information content (AvgIpc) is 3.17. The van der Waals surface area contributed by atoms with E-state index >= 15 is 0 Å². The van der Waals surface area contributed by atoms with Gasteiger partial charge in [0, 0.05) is 12.8 Å². The molecule has 9 nitrogen and oxygen atoms in total. The second kappa shape index (κ2) is 38.8. The van der Waals surface area contributed by atoms with E-state index in [1.165, 1.54) is 0 Å². The van der Waals surface area contributed by atoms with E-state index in [0.717, 1.165) is 70.6 Å². The van der Waals surface area contributed by atoms with Crippen LogP contribution in [0, 0.1) is 0 Å². The lowest BCUT2D eigenvalue weighted by atomic mass is 10.2. The summed E-state index contributed by atoms with van der Waals surface area (Å²) >= 11 is 0. The number of carbonyl (C=O) groups excluding carboxylic acids is 2. The molecule has 0 aromatic rings. The van der Waals surface area contributed by atoms with E-state index in [4.69, 9.17) is 18.9 Å². The number of carboxylic acid groups (broad SMARTS) is 1. The van der Waals surface area contributed by atoms with Gasteiger partial charge in [-0.05, 0) is 89.9 Å². The summed E-state index contributed by atoms with van der Waals surface area (Å²) in [5.74, 6) is -2.17. The highest BCUT2D eigenvalue weighted by Crippen LogP contribution is 2.09. The molecule has 0 aromatic carbocycles. The van der Waals surface area contributed by atoms with E-state index in [-0.39, 0.29) is 32.7 Å². The van der Waals surface area contributed by atoms with E-state index < -0.39 is 30.3 Å². The largest absolute Gasteiger partial charge is 0.477 e. The first-order valence-corrected chi connectivity index (χ1v) is 21.1. The highest BCUT2D eigenvalue weighted by Gasteiger charge is 2.25. The van der Waals surface area contributed by atoms with Crippen LogP contribution in [0.25, 0.3) is 0 Å². The van der Waals surface area contributed by atoms with Crippen molar-refractivity contribution in [1.82, 2.24) is 0 Å². The number of aliphatic carboxylic acids is 1. The van der Waals surface area contributed by atoms with Crippen LogP contribution in [0.3, 0.4) is 0 Å². The van der Waals surface area contributed by atoms with Gasteiger partial charge in [0.25, 0.3) is 6.29 Å². The summed E-state index contributed by atoms with van der Waals surface area (Å²) in [4.78, 5) is 37.0. The predicted octanol–water partition coefficient (Wildman–Crippen LogP) is 10.9. The molecule has 1 N–H and O–H groups in total. The summed E-state index contributed by atoms with van der Waals surface area (Å²) in [7, 11) is 5.90. The fourth-order valence-electron chi connectivity index (χ4n) is 4.80. The minimum atomic E-state index is -1.54. The number of carbonyl (C=O) groups is 3. The number of carboxylic acids is 1. The second-order valence-electron chi connectivity index (χ2n) is 14.5. The molecule has 2 atom stereocenters. The van der Waals surface area contributed by atoms with Gasteiger partial charge in [0.2, 0.25) is 0 Å². The third-order valence-corrected chi connectivity index (χ3v) is 8.02. The van der Waals surface area contributed by atoms with Crippen LogP contribution in [0.15, 0.2) is 109 Å². The molecule has 0 fully saturated rings. The number of likely N-dealkylation sites (N-methyl/N-ethyl adjacent to an activating group) is 1. The maximum Gasteiger partial charge on any atom is 0.361 e. The zero-order valence-corrected chi connectivity index (χ0v) is 35.9. The third kappa shape index (κ3) is 40.0. The molecule has 0 saturated heterocycles. The van der Waals surface area contributed by atoms with E-state index in [1.54, 1.807) is 0 Å². The van der Waals surface area contributed by atoms with Crippen molar-refractivity contribution in [3.8, 4) is 0 Å². The molecule has 0 rings (SSSR count). The molecular weight excluding hydrogens is 719 g/mol. The SMILES string of the molecule is CC/C=C\C/C=C\C/C=C\C/C=C\C/C=C\CCCC(=O)OC(COC(=O)CCCC/C=C\C/C=C\C/C=C\C/C=C\CC)COC(OCC[N+](C)(C)C)C(=O)O. The lowest BCUT2D eigenvalue weighted by molar-refractivity contribution is -0.870. The minimum Gasteiger partial charge on any atom is -0.477 e. The summed E-state index contributed by atoms with van der Waals surface area (Å²) in [5.41, 5.74) is 0. The molecule has 2 unspecified atom stereocenters. The van der Waals surface area contributed by atoms with E-state index in [9.17, 15) is 19.5 Å². The molecule has 320 valence electrons. The fourth-order valence-corrected chi connectivity index (χ4v) is 4.80. The third-order valence-electron chi connectivity index (χ3n) is 8.02. The van der Waals surface area contributed by atoms with Crippen LogP contribution in [-0.4, -0.2) is 87.4 Å². The van der Waals surface area contributed by atoms with Gasteiger partial charge >= 0.3 is 17.9 Å². The Morgan fingerprint density at radius 3 is 1.39 bits per heavy atom. The molecule has 9 heteroatoms. The van der Waals surface area contributed by atoms with Gasteiger partial charge in [-0.1, -0.05) is 123 Å². The van der Waals surface area contributed by atoms with Gasteiger partial charge in [0.1, 0.15) is 13.2 Å². The number of nitrogens with zero attached hydrogens (tertiary/aromatic N) is 1. The number of unbranched alkanes of at least 4 members (excludes halogenated alkanes) is 3. The van der Waals surface area contributed by atoms with Gasteiger partial charge in [-0.3, -0.25) is 9.59 Å². The molecule has 0 amide bonds. The first-order valence-electron chi connectivity index (χ1n) is 21.1. The summed E-state index contributed by atoms with van der Waals surface area (Å²) in [6.07, 6.45) is 48.8. The van der Waals surface area contributed by atoms with E-state index in [0.29, 0.717) is 30.3 Å². The number of rotatable bonds is 36. The van der Waals surface area contributed by atoms with Crippen molar-refractivity contribution in [3.63, 3.8) is 0 Å². The van der Waals surface area contributed by atoms with Gasteiger partial charge in [-0.15, -0.1) is 0 Å². The Hall–Kier alpha value is -4.05. The molecule has 0 heterocycles. The van der Waals surface area contributed by atoms with Crippen LogP contribution in [0.2, 0.25) is 0 Å². The normalized spacial score (nSPS) is 14.1. The number of esters is 2. The van der Waals surface area contributed by atoms with Crippen molar-refractivity contribution >= 4 is 17.9 Å². The predicted molar refractivity (Wildman–Crippen MR) is 235 cm³/mol. The smallest absolute Gasteiger partial charge is 0.361 e. The molecule has 0 saturated carbocycles. The standard InChI is InChI=1S/C48H75NO8/c1-6-8-10-12-14-16-18-20-22-23-25-27-29-31-33-35-37-39-46(51)57-44(43-56-48(47(52)53)54-41-40-49(3,4)5)42-55-45(50)38-36-34-32-30-28-26-24-21-19-17-15-13-11-9-7-2/h8-11,14-17,20-22,24-25,27-28,30-31,33,44,48H,6-7,12-13,18-19,23,26,29,32,34-43H2,1-5H3/p+1/b10-8-,11-9-,16-14-,17-15-,22-20-,24-21-,27-25-,30-28-,33-31-. The van der Waals surface area contributed by atoms with Crippen molar-refractivity contribution < 1.29 is 42.9 Å². The second-order valence-corrected chi connectivity index (χ2v) is 14.5. The molecule has 0 aliphatic heterocycles. The van der Waals surface area contributed by atoms with Gasteiger partial charge in [0.05, 0.1) is 34.4 Å². The van der Waals surface area contributed by atoms with E-state index in [2.05, 4.69) is 117 Å².